The van der Waals surface area contributed by atoms with E-state index in [-0.39, 0.29) is 10.1 Å². The molecule has 3 aromatic rings. The molecule has 0 unspecified atom stereocenters. The number of aromatic nitrogens is 1. The first kappa shape index (κ1) is 17.8. The van der Waals surface area contributed by atoms with Crippen LogP contribution < -0.4 is 5.73 Å². The average molecular weight is 442 g/mol. The van der Waals surface area contributed by atoms with E-state index in [2.05, 4.69) is 9.38 Å². The molecule has 0 bridgehead atoms. The highest BCUT2D eigenvalue weighted by atomic mass is 35.5. The van der Waals surface area contributed by atoms with Crippen LogP contribution in [0.2, 0.25) is 10.0 Å². The average Bonchev–Trinajstić information content (AvgIpc) is 3.03. The molecule has 0 aliphatic carbocycles. The van der Waals surface area contributed by atoms with E-state index in [4.69, 9.17) is 28.9 Å². The predicted molar refractivity (Wildman–Crippen MR) is 108 cm³/mol. The minimum Gasteiger partial charge on any atom is -0.377 e. The lowest BCUT2D eigenvalue weighted by molar-refractivity contribution is 0.596. The lowest BCUT2D eigenvalue weighted by Crippen LogP contribution is -2.16. The summed E-state index contributed by atoms with van der Waals surface area (Å²) in [6.07, 6.45) is 0. The van der Waals surface area contributed by atoms with Crippen molar-refractivity contribution >= 4 is 61.5 Å². The summed E-state index contributed by atoms with van der Waals surface area (Å²) in [6, 6.07) is 10.4. The van der Waals surface area contributed by atoms with Gasteiger partial charge in [0.05, 0.1) is 10.7 Å². The van der Waals surface area contributed by atoms with Gasteiger partial charge in [-0.2, -0.15) is 8.42 Å². The van der Waals surface area contributed by atoms with Gasteiger partial charge in [-0.15, -0.1) is 15.7 Å². The third-order valence-corrected chi connectivity index (χ3v) is 7.48. The quantitative estimate of drug-likeness (QED) is 0.611. The van der Waals surface area contributed by atoms with Crippen LogP contribution in [0.5, 0.6) is 0 Å². The fourth-order valence-electron chi connectivity index (χ4n) is 2.43. The number of hydrogen-bond donors (Lipinski definition) is 1. The highest BCUT2D eigenvalue weighted by Gasteiger charge is 2.27. The zero-order valence-electron chi connectivity index (χ0n) is 12.8. The maximum absolute atomic E-state index is 12.3. The molecule has 0 radical (unpaired) electrons. The van der Waals surface area contributed by atoms with Gasteiger partial charge >= 0.3 is 0 Å². The van der Waals surface area contributed by atoms with Gasteiger partial charge in [0.2, 0.25) is 0 Å². The Labute approximate surface area is 167 Å². The van der Waals surface area contributed by atoms with Gasteiger partial charge < -0.3 is 5.73 Å². The highest BCUT2D eigenvalue weighted by molar-refractivity contribution is 8.15. The first-order valence-electron chi connectivity index (χ1n) is 7.17. The van der Waals surface area contributed by atoms with Crippen LogP contribution in [0.1, 0.15) is 0 Å². The fourth-order valence-corrected chi connectivity index (χ4v) is 6.15. The summed E-state index contributed by atoms with van der Waals surface area (Å²) in [7, 11) is -3.84. The van der Waals surface area contributed by atoms with Gasteiger partial charge in [-0.1, -0.05) is 47.1 Å². The largest absolute Gasteiger partial charge is 0.377 e. The number of rotatable bonds is 2. The smallest absolute Gasteiger partial charge is 0.285 e. The van der Waals surface area contributed by atoms with E-state index in [0.717, 1.165) is 23.0 Å². The van der Waals surface area contributed by atoms with Crippen LogP contribution in [0.3, 0.4) is 0 Å². The van der Waals surface area contributed by atoms with Gasteiger partial charge in [0.25, 0.3) is 10.0 Å². The Hall–Kier alpha value is -1.58. The van der Waals surface area contributed by atoms with Crippen LogP contribution in [-0.2, 0) is 10.0 Å². The molecule has 0 fully saturated rings. The van der Waals surface area contributed by atoms with Gasteiger partial charge in [0, 0.05) is 26.4 Å². The van der Waals surface area contributed by atoms with Crippen LogP contribution in [-0.4, -0.2) is 18.6 Å². The summed E-state index contributed by atoms with van der Waals surface area (Å²) in [5, 5.41) is 3.52. The van der Waals surface area contributed by atoms with E-state index in [1.807, 2.05) is 17.5 Å². The van der Waals surface area contributed by atoms with Gasteiger partial charge in [-0.25, -0.2) is 4.98 Å². The Morgan fingerprint density at radius 1 is 1.08 bits per heavy atom. The lowest BCUT2D eigenvalue weighted by atomic mass is 10.2. The molecule has 2 N–H and O–H groups in total. The number of thioether (sulfide) groups is 1. The minimum absolute atomic E-state index is 0.0272. The van der Waals surface area contributed by atoms with Crippen molar-refractivity contribution in [2.45, 2.75) is 9.79 Å². The molecule has 2 heterocycles. The van der Waals surface area contributed by atoms with E-state index >= 15 is 0 Å². The summed E-state index contributed by atoms with van der Waals surface area (Å²) in [4.78, 5) is 5.12. The van der Waals surface area contributed by atoms with E-state index in [1.165, 1.54) is 17.4 Å². The van der Waals surface area contributed by atoms with E-state index in [9.17, 15) is 8.42 Å². The van der Waals surface area contributed by atoms with Gasteiger partial charge in [0.1, 0.15) is 9.90 Å². The van der Waals surface area contributed by atoms with Gasteiger partial charge in [0.15, 0.2) is 5.17 Å². The maximum atomic E-state index is 12.3. The number of fused-ring (bicyclic) bond motifs is 1. The van der Waals surface area contributed by atoms with Crippen molar-refractivity contribution in [1.82, 2.24) is 4.98 Å². The normalized spacial score (nSPS) is 15.4. The minimum atomic E-state index is -3.84. The first-order chi connectivity index (χ1) is 12.3. The van der Waals surface area contributed by atoms with Crippen molar-refractivity contribution in [3.05, 3.63) is 51.8 Å². The molecular weight excluding hydrogens is 433 g/mol. The molecule has 1 aliphatic rings. The molecule has 10 heteroatoms. The van der Waals surface area contributed by atoms with Crippen LogP contribution in [0.15, 0.2) is 56.0 Å². The second-order valence-electron chi connectivity index (χ2n) is 5.33. The number of hydrogen-bond acceptors (Lipinski definition) is 6. The van der Waals surface area contributed by atoms with Crippen molar-refractivity contribution in [3.63, 3.8) is 0 Å². The molecule has 2 aromatic carbocycles. The Morgan fingerprint density at radius 2 is 1.81 bits per heavy atom. The SMILES string of the molecule is NC1=NS(=O)(=O)c2cc(-c3nc(-c4ccc(Cl)cc4)cs3)c(Cl)cc2S1. The van der Waals surface area contributed by atoms with Crippen molar-refractivity contribution in [1.29, 1.82) is 0 Å². The second kappa shape index (κ2) is 6.54. The van der Waals surface area contributed by atoms with Crippen molar-refractivity contribution in [2.24, 2.45) is 10.1 Å². The number of nitrogens with zero attached hydrogens (tertiary/aromatic N) is 2. The van der Waals surface area contributed by atoms with Crippen molar-refractivity contribution in [3.8, 4) is 21.8 Å². The zero-order valence-corrected chi connectivity index (χ0v) is 16.8. The first-order valence-corrected chi connectivity index (χ1v) is 11.1. The maximum Gasteiger partial charge on any atom is 0.285 e. The summed E-state index contributed by atoms with van der Waals surface area (Å²) in [5.74, 6) is 0. The molecule has 0 spiro atoms. The third-order valence-electron chi connectivity index (χ3n) is 3.61. The number of thiazole rings is 1. The lowest BCUT2D eigenvalue weighted by Gasteiger charge is -2.14. The van der Waals surface area contributed by atoms with Gasteiger partial charge in [-0.3, -0.25) is 0 Å². The van der Waals surface area contributed by atoms with Crippen molar-refractivity contribution in [2.75, 3.05) is 0 Å². The summed E-state index contributed by atoms with van der Waals surface area (Å²) in [5.41, 5.74) is 7.78. The second-order valence-corrected chi connectivity index (χ2v) is 9.67. The van der Waals surface area contributed by atoms with Crippen molar-refractivity contribution < 1.29 is 8.42 Å². The van der Waals surface area contributed by atoms with Crippen LogP contribution in [0.4, 0.5) is 0 Å². The fraction of sp³-hybridized carbons (Fsp3) is 0. The summed E-state index contributed by atoms with van der Waals surface area (Å²) in [6.45, 7) is 0. The van der Waals surface area contributed by atoms with Crippen LogP contribution in [0.25, 0.3) is 21.8 Å². The highest BCUT2D eigenvalue weighted by Crippen LogP contribution is 2.41. The van der Waals surface area contributed by atoms with E-state index in [0.29, 0.717) is 25.5 Å². The Morgan fingerprint density at radius 3 is 2.54 bits per heavy atom. The number of nitrogens with two attached hydrogens (primary N) is 1. The number of amidine groups is 1. The number of benzene rings is 2. The molecule has 5 nitrogen and oxygen atoms in total. The predicted octanol–water partition coefficient (Wildman–Crippen LogP) is 4.89. The zero-order chi connectivity index (χ0) is 18.5. The third kappa shape index (κ3) is 3.23. The number of sulfonamides is 1. The molecular formula is C16H9Cl2N3O2S3. The molecule has 0 saturated heterocycles. The summed E-state index contributed by atoms with van der Waals surface area (Å²) < 4.78 is 28.1. The number of halogens is 2. The Kier molecular flexibility index (Phi) is 4.48. The molecule has 0 atom stereocenters. The van der Waals surface area contributed by atoms with Crippen LogP contribution >= 0.6 is 46.3 Å². The van der Waals surface area contributed by atoms with Gasteiger partial charge in [-0.05, 0) is 24.3 Å². The van der Waals surface area contributed by atoms with Crippen LogP contribution in [0, 0.1) is 0 Å². The van der Waals surface area contributed by atoms with E-state index < -0.39 is 10.0 Å². The molecule has 26 heavy (non-hydrogen) atoms. The molecule has 1 aliphatic heterocycles. The standard InChI is InChI=1S/C16H9Cl2N3O2S3/c17-9-3-1-8(2-4-9)12-7-24-15(20-12)10-5-14-13(6-11(10)18)25-16(19)21-26(14,22)23/h1-7H,(H2,19,21). The molecule has 132 valence electrons. The monoisotopic (exact) mass is 441 g/mol. The van der Waals surface area contributed by atoms with E-state index in [1.54, 1.807) is 18.2 Å². The molecule has 4 rings (SSSR count). The molecule has 0 saturated carbocycles. The molecule has 1 aromatic heterocycles. The Balaban J connectivity index is 1.80. The molecule has 0 amide bonds. The topological polar surface area (TPSA) is 85.4 Å². The Bertz CT molecular complexity index is 1160. The summed E-state index contributed by atoms with van der Waals surface area (Å²) >= 11 is 14.7.